The van der Waals surface area contributed by atoms with Gasteiger partial charge in [0.1, 0.15) is 0 Å². The Morgan fingerprint density at radius 2 is 1.95 bits per heavy atom. The molecule has 3 aromatic heterocycles. The van der Waals surface area contributed by atoms with Crippen LogP contribution >= 0.6 is 0 Å². The third-order valence-electron chi connectivity index (χ3n) is 6.40. The van der Waals surface area contributed by atoms with Crippen LogP contribution in [0.4, 0.5) is 20.3 Å². The van der Waals surface area contributed by atoms with E-state index in [1.807, 2.05) is 23.8 Å². The molecule has 200 valence electrons. The first kappa shape index (κ1) is 25.8. The van der Waals surface area contributed by atoms with Crippen LogP contribution in [0.2, 0.25) is 0 Å². The van der Waals surface area contributed by atoms with Crippen LogP contribution in [0.25, 0.3) is 16.9 Å². The molecular weight excluding hydrogens is 504 g/mol. The molecule has 0 radical (unpaired) electrons. The van der Waals surface area contributed by atoms with Crippen molar-refractivity contribution in [3.8, 4) is 17.0 Å². The number of halogens is 2. The molecule has 5 rings (SSSR count). The molecule has 0 saturated heterocycles. The molecule has 0 atom stereocenters. The fourth-order valence-electron chi connectivity index (χ4n) is 4.39. The monoisotopic (exact) mass is 531 g/mol. The number of fused-ring (bicyclic) bond motifs is 1. The number of ether oxygens (including phenoxy) is 1. The van der Waals surface area contributed by atoms with Crippen molar-refractivity contribution >= 4 is 23.1 Å². The van der Waals surface area contributed by atoms with Gasteiger partial charge in [-0.05, 0) is 48.7 Å². The zero-order valence-electron chi connectivity index (χ0n) is 21.5. The molecule has 2 aromatic carbocycles. The lowest BCUT2D eigenvalue weighted by Crippen LogP contribution is -2.26. The molecule has 2 N–H and O–H groups in total. The molecule has 0 fully saturated rings. The maximum Gasteiger partial charge on any atom is 0.251 e. The largest absolute Gasteiger partial charge is 0.494 e. The maximum absolute atomic E-state index is 14.8. The van der Waals surface area contributed by atoms with Gasteiger partial charge in [-0.15, -0.1) is 0 Å². The number of hydrogen-bond donors (Lipinski definition) is 2. The topological polar surface area (TPSA) is 98.4 Å². The van der Waals surface area contributed by atoms with Crippen LogP contribution in [0.3, 0.4) is 0 Å². The average Bonchev–Trinajstić information content (AvgIpc) is 3.63. The fraction of sp³-hybridized carbons (Fsp3) is 0.214. The Hall–Kier alpha value is -4.80. The van der Waals surface area contributed by atoms with E-state index in [1.165, 1.54) is 25.4 Å². The van der Waals surface area contributed by atoms with Crippen molar-refractivity contribution in [2.45, 2.75) is 26.3 Å². The summed E-state index contributed by atoms with van der Waals surface area (Å²) < 4.78 is 37.6. The first-order chi connectivity index (χ1) is 19.0. The molecule has 11 heteroatoms. The SMILES string of the molecule is CCc1cc(Nc2nccn3c(-c4ccc(OC)c(F)c4F)cnc23)ccc1C(=O)NCCCn1ccnc1. The van der Waals surface area contributed by atoms with Gasteiger partial charge in [0.05, 0.1) is 25.3 Å². The minimum Gasteiger partial charge on any atom is -0.494 e. The zero-order valence-corrected chi connectivity index (χ0v) is 21.5. The van der Waals surface area contributed by atoms with Crippen molar-refractivity contribution in [1.82, 2.24) is 29.2 Å². The normalized spacial score (nSPS) is 11.1. The Balaban J connectivity index is 1.34. The van der Waals surface area contributed by atoms with Crippen molar-refractivity contribution < 1.29 is 18.3 Å². The van der Waals surface area contributed by atoms with E-state index in [1.54, 1.807) is 41.5 Å². The molecule has 0 unspecified atom stereocenters. The molecule has 0 aliphatic heterocycles. The number of anilines is 2. The van der Waals surface area contributed by atoms with Gasteiger partial charge in [0.15, 0.2) is 23.0 Å². The van der Waals surface area contributed by atoms with Gasteiger partial charge in [-0.1, -0.05) is 6.92 Å². The maximum atomic E-state index is 14.8. The summed E-state index contributed by atoms with van der Waals surface area (Å²) in [5, 5.41) is 6.22. The Bertz CT molecular complexity index is 1620. The Morgan fingerprint density at radius 3 is 2.72 bits per heavy atom. The Kier molecular flexibility index (Phi) is 7.48. The van der Waals surface area contributed by atoms with Crippen molar-refractivity contribution in [3.63, 3.8) is 0 Å². The van der Waals surface area contributed by atoms with Gasteiger partial charge in [0, 0.05) is 54.7 Å². The summed E-state index contributed by atoms with van der Waals surface area (Å²) in [4.78, 5) is 25.6. The molecular formula is C28H27F2N7O2. The van der Waals surface area contributed by atoms with Crippen LogP contribution in [0, 0.1) is 11.6 Å². The third-order valence-corrected chi connectivity index (χ3v) is 6.40. The van der Waals surface area contributed by atoms with E-state index in [0.29, 0.717) is 35.7 Å². The predicted molar refractivity (Wildman–Crippen MR) is 143 cm³/mol. The van der Waals surface area contributed by atoms with Gasteiger partial charge in [-0.25, -0.2) is 19.3 Å². The third kappa shape index (κ3) is 5.28. The molecule has 0 aliphatic rings. The van der Waals surface area contributed by atoms with E-state index in [2.05, 4.69) is 25.6 Å². The van der Waals surface area contributed by atoms with E-state index in [4.69, 9.17) is 4.74 Å². The molecule has 3 heterocycles. The summed E-state index contributed by atoms with van der Waals surface area (Å²) in [5.41, 5.74) is 3.04. The number of nitrogens with one attached hydrogen (secondary N) is 2. The molecule has 39 heavy (non-hydrogen) atoms. The second-order valence-electron chi connectivity index (χ2n) is 8.82. The van der Waals surface area contributed by atoms with Gasteiger partial charge in [-0.3, -0.25) is 9.20 Å². The summed E-state index contributed by atoms with van der Waals surface area (Å²) in [5.74, 6) is -1.96. The number of hydrogen-bond acceptors (Lipinski definition) is 6. The van der Waals surface area contributed by atoms with Gasteiger partial charge in [0.25, 0.3) is 5.91 Å². The first-order valence-corrected chi connectivity index (χ1v) is 12.5. The van der Waals surface area contributed by atoms with E-state index >= 15 is 0 Å². The average molecular weight is 532 g/mol. The number of carbonyl (C=O) groups is 1. The van der Waals surface area contributed by atoms with Crippen molar-refractivity contribution in [3.05, 3.63) is 90.4 Å². The Labute approximate surface area is 223 Å². The highest BCUT2D eigenvalue weighted by Crippen LogP contribution is 2.31. The van der Waals surface area contributed by atoms with E-state index in [-0.39, 0.29) is 17.2 Å². The Morgan fingerprint density at radius 1 is 1.08 bits per heavy atom. The standard InChI is InChI=1S/C28H27F2N7O2/c1-3-18-15-19(5-6-20(18)28(38)33-9-4-12-36-13-10-31-17-36)35-26-27-34-16-22(37(27)14-11-32-26)21-7-8-23(39-2)25(30)24(21)29/h5-8,10-11,13-17H,3-4,9,12H2,1-2H3,(H,32,35)(H,33,38). The zero-order chi connectivity index (χ0) is 27.4. The van der Waals surface area contributed by atoms with Gasteiger partial charge in [0.2, 0.25) is 5.82 Å². The van der Waals surface area contributed by atoms with Gasteiger partial charge < -0.3 is 19.9 Å². The summed E-state index contributed by atoms with van der Waals surface area (Å²) in [6, 6.07) is 8.29. The smallest absolute Gasteiger partial charge is 0.251 e. The molecule has 5 aromatic rings. The number of imidazole rings is 2. The summed E-state index contributed by atoms with van der Waals surface area (Å²) in [7, 11) is 1.28. The van der Waals surface area contributed by atoms with Crippen LogP contribution in [0.15, 0.2) is 67.6 Å². The fourth-order valence-corrected chi connectivity index (χ4v) is 4.39. The minimum absolute atomic E-state index is 0.0478. The van der Waals surface area contributed by atoms with Gasteiger partial charge in [-0.2, -0.15) is 4.39 Å². The molecule has 1 amide bonds. The van der Waals surface area contributed by atoms with Crippen LogP contribution in [-0.2, 0) is 13.0 Å². The van der Waals surface area contributed by atoms with Crippen molar-refractivity contribution in [1.29, 1.82) is 0 Å². The highest BCUT2D eigenvalue weighted by molar-refractivity contribution is 5.96. The quantitative estimate of drug-likeness (QED) is 0.246. The molecule has 0 saturated carbocycles. The second kappa shape index (κ2) is 11.3. The van der Waals surface area contributed by atoms with Crippen LogP contribution in [0.5, 0.6) is 5.75 Å². The van der Waals surface area contributed by atoms with Crippen LogP contribution < -0.4 is 15.4 Å². The summed E-state index contributed by atoms with van der Waals surface area (Å²) in [6.45, 7) is 3.31. The molecule has 0 aliphatic carbocycles. The number of aryl methyl sites for hydroxylation is 2. The number of rotatable bonds is 10. The van der Waals surface area contributed by atoms with Gasteiger partial charge >= 0.3 is 0 Å². The lowest BCUT2D eigenvalue weighted by atomic mass is 10.0. The predicted octanol–water partition coefficient (Wildman–Crippen LogP) is 5.01. The number of benzene rings is 2. The lowest BCUT2D eigenvalue weighted by Gasteiger charge is -2.13. The van der Waals surface area contributed by atoms with E-state index in [9.17, 15) is 13.6 Å². The molecule has 0 spiro atoms. The summed E-state index contributed by atoms with van der Waals surface area (Å²) >= 11 is 0. The van der Waals surface area contributed by atoms with Crippen molar-refractivity contribution in [2.75, 3.05) is 19.0 Å². The number of methoxy groups -OCH3 is 1. The molecule has 9 nitrogen and oxygen atoms in total. The number of nitrogens with zero attached hydrogens (tertiary/aromatic N) is 5. The number of amides is 1. The van der Waals surface area contributed by atoms with E-state index in [0.717, 1.165) is 24.2 Å². The minimum atomic E-state index is -1.06. The van der Waals surface area contributed by atoms with Crippen molar-refractivity contribution in [2.24, 2.45) is 0 Å². The van der Waals surface area contributed by atoms with Crippen LogP contribution in [-0.4, -0.2) is 43.5 Å². The highest BCUT2D eigenvalue weighted by Gasteiger charge is 2.19. The second-order valence-corrected chi connectivity index (χ2v) is 8.82. The van der Waals surface area contributed by atoms with E-state index < -0.39 is 11.6 Å². The first-order valence-electron chi connectivity index (χ1n) is 12.5. The summed E-state index contributed by atoms with van der Waals surface area (Å²) in [6.07, 6.45) is 11.4. The molecule has 0 bridgehead atoms. The number of aromatic nitrogens is 5. The lowest BCUT2D eigenvalue weighted by molar-refractivity contribution is 0.0952. The number of carbonyl (C=O) groups excluding carboxylic acids is 1. The van der Waals surface area contributed by atoms with Crippen LogP contribution in [0.1, 0.15) is 29.3 Å². The highest BCUT2D eigenvalue weighted by atomic mass is 19.2.